The molecule has 0 heterocycles. The summed E-state index contributed by atoms with van der Waals surface area (Å²) in [6, 6.07) is 8.26. The maximum atomic E-state index is 13.6. The van der Waals surface area contributed by atoms with Gasteiger partial charge in [0.2, 0.25) is 0 Å². The molecule has 2 rings (SSSR count). The van der Waals surface area contributed by atoms with Crippen LogP contribution in [0.2, 0.25) is 5.02 Å². The van der Waals surface area contributed by atoms with E-state index in [1.54, 1.807) is 0 Å². The van der Waals surface area contributed by atoms with Gasteiger partial charge in [-0.2, -0.15) is 0 Å². The van der Waals surface area contributed by atoms with Crippen molar-refractivity contribution in [3.8, 4) is 0 Å². The Morgan fingerprint density at radius 1 is 1.14 bits per heavy atom. The van der Waals surface area contributed by atoms with E-state index < -0.39 is 21.8 Å². The molecule has 0 aliphatic carbocycles. The Morgan fingerprint density at radius 3 is 2.29 bits per heavy atom. The summed E-state index contributed by atoms with van der Waals surface area (Å²) in [5.41, 5.74) is -0.417. The van der Waals surface area contributed by atoms with Crippen LogP contribution in [0.1, 0.15) is 10.4 Å². The number of sulfonamides is 1. The molecule has 0 aliphatic heterocycles. The molecule has 2 N–H and O–H groups in total. The molecule has 0 amide bonds. The molecule has 21 heavy (non-hydrogen) atoms. The molecule has 0 spiro atoms. The second-order valence-electron chi connectivity index (χ2n) is 4.03. The first-order valence-corrected chi connectivity index (χ1v) is 7.47. The van der Waals surface area contributed by atoms with E-state index in [2.05, 4.69) is 0 Å². The van der Waals surface area contributed by atoms with Gasteiger partial charge >= 0.3 is 5.97 Å². The lowest BCUT2D eigenvalue weighted by molar-refractivity contribution is 0.0696. The molecule has 0 atom stereocenters. The molecule has 5 nitrogen and oxygen atoms in total. The number of hydrogen-bond donors (Lipinski definition) is 2. The Kier molecular flexibility index (Phi) is 4.15. The van der Waals surface area contributed by atoms with Crippen molar-refractivity contribution in [1.82, 2.24) is 0 Å². The summed E-state index contributed by atoms with van der Waals surface area (Å²) in [7, 11) is -4.07. The number of nitrogens with one attached hydrogen (secondary N) is 1. The van der Waals surface area contributed by atoms with Gasteiger partial charge in [-0.3, -0.25) is 4.72 Å². The Balaban J connectivity index is 2.36. The van der Waals surface area contributed by atoms with Gasteiger partial charge in [0.25, 0.3) is 10.0 Å². The average Bonchev–Trinajstić information content (AvgIpc) is 2.43. The first kappa shape index (κ1) is 15.3. The van der Waals surface area contributed by atoms with Crippen molar-refractivity contribution in [3.63, 3.8) is 0 Å². The van der Waals surface area contributed by atoms with Crippen LogP contribution >= 0.6 is 11.6 Å². The zero-order valence-corrected chi connectivity index (χ0v) is 12.0. The third-order valence-corrected chi connectivity index (χ3v) is 4.29. The number of para-hydroxylation sites is 1. The van der Waals surface area contributed by atoms with Gasteiger partial charge in [-0.05, 0) is 36.4 Å². The predicted molar refractivity (Wildman–Crippen MR) is 75.6 cm³/mol. The summed E-state index contributed by atoms with van der Waals surface area (Å²) in [5.74, 6) is -1.99. The summed E-state index contributed by atoms with van der Waals surface area (Å²) in [4.78, 5) is 10.5. The quantitative estimate of drug-likeness (QED) is 0.903. The van der Waals surface area contributed by atoms with Crippen molar-refractivity contribution in [2.24, 2.45) is 0 Å². The highest BCUT2D eigenvalue weighted by Crippen LogP contribution is 2.27. The van der Waals surface area contributed by atoms with Crippen LogP contribution in [-0.2, 0) is 10.0 Å². The van der Waals surface area contributed by atoms with Gasteiger partial charge in [0.05, 0.1) is 15.5 Å². The highest BCUT2D eigenvalue weighted by atomic mass is 35.5. The second kappa shape index (κ2) is 5.71. The fourth-order valence-corrected chi connectivity index (χ4v) is 2.92. The van der Waals surface area contributed by atoms with Gasteiger partial charge < -0.3 is 5.11 Å². The first-order valence-electron chi connectivity index (χ1n) is 5.61. The lowest BCUT2D eigenvalue weighted by Gasteiger charge is -2.10. The molecule has 0 saturated carbocycles. The number of anilines is 1. The third-order valence-electron chi connectivity index (χ3n) is 2.61. The number of carboxylic acid groups (broad SMARTS) is 1. The van der Waals surface area contributed by atoms with Crippen LogP contribution in [0.15, 0.2) is 47.4 Å². The van der Waals surface area contributed by atoms with Gasteiger partial charge in [-0.25, -0.2) is 17.6 Å². The number of rotatable bonds is 4. The molecule has 0 unspecified atom stereocenters. The summed E-state index contributed by atoms with van der Waals surface area (Å²) >= 11 is 5.75. The molecule has 0 fully saturated rings. The largest absolute Gasteiger partial charge is 0.478 e. The topological polar surface area (TPSA) is 83.5 Å². The monoisotopic (exact) mass is 329 g/mol. The van der Waals surface area contributed by atoms with Crippen molar-refractivity contribution in [3.05, 3.63) is 58.9 Å². The van der Waals surface area contributed by atoms with E-state index in [1.165, 1.54) is 12.1 Å². The molecule has 0 radical (unpaired) electrons. The maximum absolute atomic E-state index is 13.6. The molecular weight excluding hydrogens is 321 g/mol. The molecule has 110 valence electrons. The zero-order valence-electron chi connectivity index (χ0n) is 10.4. The molecule has 8 heteroatoms. The normalized spacial score (nSPS) is 11.1. The predicted octanol–water partition coefficient (Wildman–Crippen LogP) is 2.98. The van der Waals surface area contributed by atoms with Gasteiger partial charge in [-0.1, -0.05) is 17.7 Å². The third kappa shape index (κ3) is 3.32. The number of benzene rings is 2. The smallest absolute Gasteiger partial charge is 0.335 e. The van der Waals surface area contributed by atoms with E-state index in [-0.39, 0.29) is 21.2 Å². The molecule has 0 aliphatic rings. The van der Waals surface area contributed by atoms with Crippen LogP contribution in [0, 0.1) is 5.82 Å². The minimum Gasteiger partial charge on any atom is -0.478 e. The molecule has 2 aromatic rings. The lowest BCUT2D eigenvalue weighted by atomic mass is 10.2. The summed E-state index contributed by atoms with van der Waals surface area (Å²) in [6.07, 6.45) is 0. The summed E-state index contributed by atoms with van der Waals surface area (Å²) in [6.45, 7) is 0. The van der Waals surface area contributed by atoms with Crippen molar-refractivity contribution in [1.29, 1.82) is 0 Å². The maximum Gasteiger partial charge on any atom is 0.335 e. The standard InChI is InChI=1S/C13H9ClFNO4S/c14-10-2-1-3-11(15)12(10)16-21(19,20)9-6-4-8(5-7-9)13(17)18/h1-7,16H,(H,17,18). The highest BCUT2D eigenvalue weighted by molar-refractivity contribution is 7.92. The Morgan fingerprint density at radius 2 is 1.76 bits per heavy atom. The number of carboxylic acids is 1. The fourth-order valence-electron chi connectivity index (χ4n) is 1.57. The summed E-state index contributed by atoms with van der Waals surface area (Å²) < 4.78 is 39.8. The van der Waals surface area contributed by atoms with Crippen LogP contribution in [0.5, 0.6) is 0 Å². The SMILES string of the molecule is O=C(O)c1ccc(S(=O)(=O)Nc2c(F)cccc2Cl)cc1. The fraction of sp³-hybridized carbons (Fsp3) is 0. The highest BCUT2D eigenvalue weighted by Gasteiger charge is 2.18. The van der Waals surface area contributed by atoms with Crippen molar-refractivity contribution in [2.75, 3.05) is 4.72 Å². The number of carbonyl (C=O) groups is 1. The average molecular weight is 330 g/mol. The number of aromatic carboxylic acids is 1. The molecule has 2 aromatic carbocycles. The van der Waals surface area contributed by atoms with Gasteiger partial charge in [0, 0.05) is 0 Å². The molecular formula is C13H9ClFNO4S. The van der Waals surface area contributed by atoms with Crippen LogP contribution in [0.25, 0.3) is 0 Å². The van der Waals surface area contributed by atoms with Gasteiger partial charge in [0.15, 0.2) is 0 Å². The van der Waals surface area contributed by atoms with E-state index in [0.717, 1.165) is 30.3 Å². The van der Waals surface area contributed by atoms with E-state index in [9.17, 15) is 17.6 Å². The van der Waals surface area contributed by atoms with E-state index in [1.807, 2.05) is 4.72 Å². The van der Waals surface area contributed by atoms with Crippen LogP contribution in [0.3, 0.4) is 0 Å². The minimum atomic E-state index is -4.07. The van der Waals surface area contributed by atoms with Crippen molar-refractivity contribution in [2.45, 2.75) is 4.90 Å². The van der Waals surface area contributed by atoms with E-state index >= 15 is 0 Å². The Labute approximate surface area is 125 Å². The van der Waals surface area contributed by atoms with Crippen LogP contribution in [0.4, 0.5) is 10.1 Å². The van der Waals surface area contributed by atoms with Gasteiger partial charge in [0.1, 0.15) is 11.5 Å². The minimum absolute atomic E-state index is 0.0575. The van der Waals surface area contributed by atoms with Gasteiger partial charge in [-0.15, -0.1) is 0 Å². The van der Waals surface area contributed by atoms with Crippen molar-refractivity contribution < 1.29 is 22.7 Å². The second-order valence-corrected chi connectivity index (χ2v) is 6.12. The van der Waals surface area contributed by atoms with Crippen LogP contribution < -0.4 is 4.72 Å². The van der Waals surface area contributed by atoms with E-state index in [0.29, 0.717) is 0 Å². The number of halogens is 2. The van der Waals surface area contributed by atoms with Crippen LogP contribution in [-0.4, -0.2) is 19.5 Å². The lowest BCUT2D eigenvalue weighted by Crippen LogP contribution is -2.14. The number of hydrogen-bond acceptors (Lipinski definition) is 3. The van der Waals surface area contributed by atoms with E-state index in [4.69, 9.17) is 16.7 Å². The zero-order chi connectivity index (χ0) is 15.6. The summed E-state index contributed by atoms with van der Waals surface area (Å²) in [5, 5.41) is 8.67. The first-order chi connectivity index (χ1) is 9.81. The Bertz CT molecular complexity index is 770. The van der Waals surface area contributed by atoms with Crippen molar-refractivity contribution >= 4 is 33.3 Å². The molecule has 0 saturated heterocycles. The Hall–Kier alpha value is -2.12. The molecule has 0 bridgehead atoms. The molecule has 0 aromatic heterocycles.